The van der Waals surface area contributed by atoms with Gasteiger partial charge in [0, 0.05) is 22.2 Å². The maximum atomic E-state index is 6.11. The Kier molecular flexibility index (Phi) is 4.91. The second kappa shape index (κ2) is 6.27. The number of nitrogens with one attached hydrogen (secondary N) is 1. The fourth-order valence-corrected chi connectivity index (χ4v) is 3.43. The van der Waals surface area contributed by atoms with Crippen LogP contribution < -0.4 is 11.1 Å². The molecule has 1 aromatic carbocycles. The van der Waals surface area contributed by atoms with E-state index in [1.54, 1.807) is 0 Å². The Morgan fingerprint density at radius 2 is 2.05 bits per heavy atom. The van der Waals surface area contributed by atoms with Crippen LogP contribution in [-0.2, 0) is 0 Å². The summed E-state index contributed by atoms with van der Waals surface area (Å²) in [5.41, 5.74) is 7.37. The molecule has 106 valence electrons. The molecule has 0 bridgehead atoms. The van der Waals surface area contributed by atoms with Crippen LogP contribution in [0.3, 0.4) is 0 Å². The molecule has 1 fully saturated rings. The number of anilines is 1. The van der Waals surface area contributed by atoms with E-state index < -0.39 is 0 Å². The van der Waals surface area contributed by atoms with Gasteiger partial charge in [-0.15, -0.1) is 0 Å². The lowest BCUT2D eigenvalue weighted by Crippen LogP contribution is -2.49. The third kappa shape index (κ3) is 3.73. The Morgan fingerprint density at radius 3 is 2.63 bits per heavy atom. The van der Waals surface area contributed by atoms with Gasteiger partial charge < -0.3 is 11.1 Å². The highest BCUT2D eigenvalue weighted by Gasteiger charge is 2.36. The Morgan fingerprint density at radius 1 is 1.37 bits per heavy atom. The second-order valence-corrected chi connectivity index (χ2v) is 7.13. The van der Waals surface area contributed by atoms with Gasteiger partial charge in [-0.2, -0.15) is 0 Å². The van der Waals surface area contributed by atoms with E-state index >= 15 is 0 Å². The Hall–Kier alpha value is -0.540. The van der Waals surface area contributed by atoms with Crippen molar-refractivity contribution in [1.82, 2.24) is 0 Å². The highest BCUT2D eigenvalue weighted by Crippen LogP contribution is 2.38. The molecule has 0 radical (unpaired) electrons. The van der Waals surface area contributed by atoms with Gasteiger partial charge in [0.2, 0.25) is 0 Å². The normalized spacial score (nSPS) is 27.5. The van der Waals surface area contributed by atoms with Crippen LogP contribution in [0.2, 0.25) is 0 Å². The number of hydrogen-bond donors (Lipinski definition) is 2. The van der Waals surface area contributed by atoms with Crippen LogP contribution in [0.5, 0.6) is 0 Å². The molecule has 2 rings (SSSR count). The molecule has 1 saturated carbocycles. The summed E-state index contributed by atoms with van der Waals surface area (Å²) in [6.07, 6.45) is 5.00. The van der Waals surface area contributed by atoms with Crippen molar-refractivity contribution in [2.24, 2.45) is 17.6 Å². The number of rotatable bonds is 4. The van der Waals surface area contributed by atoms with Gasteiger partial charge >= 0.3 is 0 Å². The average Bonchev–Trinajstić information content (AvgIpc) is 2.42. The minimum absolute atomic E-state index is 0.0843. The van der Waals surface area contributed by atoms with Crippen molar-refractivity contribution >= 4 is 21.6 Å². The predicted molar refractivity (Wildman–Crippen MR) is 86.3 cm³/mol. The topological polar surface area (TPSA) is 38.0 Å². The second-order valence-electron chi connectivity index (χ2n) is 6.22. The first-order chi connectivity index (χ1) is 9.04. The lowest BCUT2D eigenvalue weighted by molar-refractivity contribution is 0.203. The number of hydrogen-bond acceptors (Lipinski definition) is 2. The van der Waals surface area contributed by atoms with E-state index in [-0.39, 0.29) is 5.54 Å². The van der Waals surface area contributed by atoms with Crippen molar-refractivity contribution in [1.29, 1.82) is 0 Å². The van der Waals surface area contributed by atoms with E-state index in [1.165, 1.54) is 31.4 Å². The number of halogens is 1. The monoisotopic (exact) mass is 324 g/mol. The molecule has 19 heavy (non-hydrogen) atoms. The maximum Gasteiger partial charge on any atom is 0.0498 e. The molecule has 1 aliphatic carbocycles. The van der Waals surface area contributed by atoms with Crippen molar-refractivity contribution in [3.8, 4) is 0 Å². The van der Waals surface area contributed by atoms with Gasteiger partial charge in [0.1, 0.15) is 0 Å². The minimum Gasteiger partial charge on any atom is -0.378 e. The lowest BCUT2D eigenvalue weighted by atomic mass is 9.71. The average molecular weight is 325 g/mol. The van der Waals surface area contributed by atoms with Gasteiger partial charge in [0.15, 0.2) is 0 Å². The molecule has 0 amide bonds. The summed E-state index contributed by atoms with van der Waals surface area (Å²) in [5.74, 6) is 1.54. The summed E-state index contributed by atoms with van der Waals surface area (Å²) in [7, 11) is 0. The summed E-state index contributed by atoms with van der Waals surface area (Å²) >= 11 is 3.48. The van der Waals surface area contributed by atoms with E-state index in [9.17, 15) is 0 Å². The van der Waals surface area contributed by atoms with E-state index in [4.69, 9.17) is 5.73 Å². The first-order valence-corrected chi connectivity index (χ1v) is 8.08. The number of benzene rings is 1. The van der Waals surface area contributed by atoms with Gasteiger partial charge in [-0.3, -0.25) is 0 Å². The van der Waals surface area contributed by atoms with Gasteiger partial charge in [-0.1, -0.05) is 42.6 Å². The summed E-state index contributed by atoms with van der Waals surface area (Å²) in [4.78, 5) is 0. The predicted octanol–water partition coefficient (Wildman–Crippen LogP) is 4.40. The summed E-state index contributed by atoms with van der Waals surface area (Å²) in [6, 6.07) is 8.41. The molecule has 2 nitrogen and oxygen atoms in total. The molecule has 0 aromatic heterocycles. The quantitative estimate of drug-likeness (QED) is 0.861. The van der Waals surface area contributed by atoms with Crippen LogP contribution in [0.25, 0.3) is 0 Å². The molecule has 1 aliphatic rings. The minimum atomic E-state index is 0.0843. The van der Waals surface area contributed by atoms with E-state index in [0.29, 0.717) is 6.54 Å². The van der Waals surface area contributed by atoms with Crippen molar-refractivity contribution < 1.29 is 0 Å². The highest BCUT2D eigenvalue weighted by molar-refractivity contribution is 9.10. The lowest BCUT2D eigenvalue weighted by Gasteiger charge is -2.43. The molecule has 0 heterocycles. The molecular weight excluding hydrogens is 300 g/mol. The zero-order valence-electron chi connectivity index (χ0n) is 12.0. The van der Waals surface area contributed by atoms with Crippen LogP contribution in [0.1, 0.15) is 39.5 Å². The zero-order valence-corrected chi connectivity index (χ0v) is 13.5. The smallest absolute Gasteiger partial charge is 0.0498 e. The SMILES string of the molecule is CC(C)C1CCCC(CN)(Nc2ccc(Br)cc2)C1. The van der Waals surface area contributed by atoms with Crippen LogP contribution in [-0.4, -0.2) is 12.1 Å². The molecular formula is C16H25BrN2. The first kappa shape index (κ1) is 14.9. The molecule has 2 atom stereocenters. The summed E-state index contributed by atoms with van der Waals surface area (Å²) in [5, 5.41) is 3.71. The van der Waals surface area contributed by atoms with Crippen LogP contribution >= 0.6 is 15.9 Å². The van der Waals surface area contributed by atoms with Crippen LogP contribution in [0, 0.1) is 11.8 Å². The highest BCUT2D eigenvalue weighted by atomic mass is 79.9. The van der Waals surface area contributed by atoms with Gasteiger partial charge in [0.05, 0.1) is 0 Å². The molecule has 3 heteroatoms. The van der Waals surface area contributed by atoms with E-state index in [0.717, 1.165) is 16.3 Å². The van der Waals surface area contributed by atoms with Crippen LogP contribution in [0.15, 0.2) is 28.7 Å². The van der Waals surface area contributed by atoms with Crippen molar-refractivity contribution in [3.05, 3.63) is 28.7 Å². The Bertz CT molecular complexity index is 402. The molecule has 1 aromatic rings. The van der Waals surface area contributed by atoms with E-state index in [2.05, 4.69) is 59.4 Å². The standard InChI is InChI=1S/C16H25BrN2/c1-12(2)13-4-3-9-16(10-13,11-18)19-15-7-5-14(17)6-8-15/h5-8,12-13,19H,3-4,9-11,18H2,1-2H3. The van der Waals surface area contributed by atoms with Crippen LogP contribution in [0.4, 0.5) is 5.69 Å². The number of nitrogens with two attached hydrogens (primary N) is 1. The Labute approximate surface area is 125 Å². The van der Waals surface area contributed by atoms with E-state index in [1.807, 2.05) is 0 Å². The van der Waals surface area contributed by atoms with Crippen molar-refractivity contribution in [2.45, 2.75) is 45.1 Å². The summed E-state index contributed by atoms with van der Waals surface area (Å²) in [6.45, 7) is 5.38. The summed E-state index contributed by atoms with van der Waals surface area (Å²) < 4.78 is 1.11. The Balaban J connectivity index is 2.11. The fourth-order valence-electron chi connectivity index (χ4n) is 3.17. The fraction of sp³-hybridized carbons (Fsp3) is 0.625. The first-order valence-electron chi connectivity index (χ1n) is 7.28. The van der Waals surface area contributed by atoms with Gasteiger partial charge in [-0.25, -0.2) is 0 Å². The maximum absolute atomic E-state index is 6.11. The molecule has 3 N–H and O–H groups in total. The molecule has 0 spiro atoms. The third-order valence-electron chi connectivity index (χ3n) is 4.47. The van der Waals surface area contributed by atoms with Gasteiger partial charge in [0.25, 0.3) is 0 Å². The molecule has 0 saturated heterocycles. The third-order valence-corrected chi connectivity index (χ3v) is 5.00. The molecule has 2 unspecified atom stereocenters. The zero-order chi connectivity index (χ0) is 13.9. The van der Waals surface area contributed by atoms with Crippen molar-refractivity contribution in [3.63, 3.8) is 0 Å². The molecule has 0 aliphatic heterocycles. The van der Waals surface area contributed by atoms with Gasteiger partial charge in [-0.05, 0) is 48.9 Å². The van der Waals surface area contributed by atoms with Crippen molar-refractivity contribution in [2.75, 3.05) is 11.9 Å². The largest absolute Gasteiger partial charge is 0.378 e.